The van der Waals surface area contributed by atoms with Gasteiger partial charge < -0.3 is 4.74 Å². The highest BCUT2D eigenvalue weighted by Crippen LogP contribution is 2.58. The normalized spacial score (nSPS) is 24.9. The Morgan fingerprint density at radius 1 is 1.10 bits per heavy atom. The summed E-state index contributed by atoms with van der Waals surface area (Å²) in [5.41, 5.74) is 2.45. The topological polar surface area (TPSA) is 26.3 Å². The molecule has 0 atom stereocenters. The van der Waals surface area contributed by atoms with Crippen molar-refractivity contribution in [2.75, 3.05) is 11.5 Å². The number of carbonyl (C=O) groups excluding carboxylic acids is 1. The lowest BCUT2D eigenvalue weighted by molar-refractivity contribution is -0.132. The van der Waals surface area contributed by atoms with E-state index in [2.05, 4.69) is 18.2 Å². The third-order valence-electron chi connectivity index (χ3n) is 4.60. The molecular formula is C16H18O2S2. The number of carbonyl (C=O) groups is 1. The van der Waals surface area contributed by atoms with Crippen molar-refractivity contribution in [1.82, 2.24) is 0 Å². The third-order valence-corrected chi connectivity index (χ3v) is 7.97. The van der Waals surface area contributed by atoms with Crippen molar-refractivity contribution in [1.29, 1.82) is 0 Å². The molecule has 0 radical (unpaired) electrons. The van der Waals surface area contributed by atoms with Gasteiger partial charge in [0.1, 0.15) is 5.75 Å². The minimum Gasteiger partial charge on any atom is -0.424 e. The predicted octanol–water partition coefficient (Wildman–Crippen LogP) is 4.29. The number of hydrogen-bond acceptors (Lipinski definition) is 4. The average Bonchev–Trinajstić information content (AvgIpc) is 3.08. The lowest BCUT2D eigenvalue weighted by Crippen LogP contribution is -2.23. The van der Waals surface area contributed by atoms with Gasteiger partial charge >= 0.3 is 5.97 Å². The maximum Gasteiger partial charge on any atom is 0.342 e. The number of fused-ring (bicyclic) bond motifs is 2. The minimum absolute atomic E-state index is 0.0687. The van der Waals surface area contributed by atoms with E-state index < -0.39 is 4.08 Å². The second kappa shape index (κ2) is 4.99. The van der Waals surface area contributed by atoms with E-state index in [1.54, 1.807) is 23.5 Å². The summed E-state index contributed by atoms with van der Waals surface area (Å²) in [6, 6.07) is 6.52. The summed E-state index contributed by atoms with van der Waals surface area (Å²) in [4.78, 5) is 12.3. The SMILES string of the molecule is O=C1Oc2cc(C3CCCCC3)ccc2C12SCCS2. The van der Waals surface area contributed by atoms with E-state index in [-0.39, 0.29) is 5.97 Å². The highest BCUT2D eigenvalue weighted by atomic mass is 32.2. The van der Waals surface area contributed by atoms with Gasteiger partial charge in [0.05, 0.1) is 0 Å². The van der Waals surface area contributed by atoms with Crippen LogP contribution in [0.3, 0.4) is 0 Å². The van der Waals surface area contributed by atoms with Crippen LogP contribution in [-0.2, 0) is 8.87 Å². The summed E-state index contributed by atoms with van der Waals surface area (Å²) in [5, 5.41) is 0. The van der Waals surface area contributed by atoms with E-state index in [9.17, 15) is 4.79 Å². The van der Waals surface area contributed by atoms with E-state index in [1.165, 1.54) is 37.7 Å². The van der Waals surface area contributed by atoms with Gasteiger partial charge in [0, 0.05) is 17.1 Å². The van der Waals surface area contributed by atoms with E-state index >= 15 is 0 Å². The number of hydrogen-bond donors (Lipinski definition) is 0. The molecule has 4 heteroatoms. The molecule has 0 amide bonds. The molecule has 1 saturated carbocycles. The Hall–Kier alpha value is -0.610. The molecule has 1 spiro atoms. The first-order valence-corrected chi connectivity index (χ1v) is 9.41. The van der Waals surface area contributed by atoms with Crippen molar-refractivity contribution in [3.63, 3.8) is 0 Å². The lowest BCUT2D eigenvalue weighted by Gasteiger charge is -2.22. The first-order valence-electron chi connectivity index (χ1n) is 7.44. The standard InChI is InChI=1S/C16H18O2S2/c17-15-16(19-8-9-20-16)13-7-6-12(10-14(13)18-15)11-4-2-1-3-5-11/h6-7,10-11H,1-5,8-9H2. The highest BCUT2D eigenvalue weighted by molar-refractivity contribution is 8.21. The van der Waals surface area contributed by atoms with Gasteiger partial charge in [-0.2, -0.15) is 0 Å². The zero-order valence-corrected chi connectivity index (χ0v) is 13.0. The van der Waals surface area contributed by atoms with Gasteiger partial charge in [-0.05, 0) is 30.4 Å². The Kier molecular flexibility index (Phi) is 3.26. The number of rotatable bonds is 1. The molecule has 0 unspecified atom stereocenters. The van der Waals surface area contributed by atoms with Crippen molar-refractivity contribution in [2.45, 2.75) is 42.1 Å². The van der Waals surface area contributed by atoms with E-state index in [0.717, 1.165) is 22.8 Å². The van der Waals surface area contributed by atoms with Crippen molar-refractivity contribution in [2.24, 2.45) is 0 Å². The zero-order chi connectivity index (χ0) is 13.6. The summed E-state index contributed by atoms with van der Waals surface area (Å²) >= 11 is 3.47. The smallest absolute Gasteiger partial charge is 0.342 e. The number of benzene rings is 1. The lowest BCUT2D eigenvalue weighted by atomic mass is 9.84. The van der Waals surface area contributed by atoms with Crippen LogP contribution in [-0.4, -0.2) is 17.5 Å². The van der Waals surface area contributed by atoms with Crippen molar-refractivity contribution in [3.8, 4) is 5.75 Å². The Balaban J connectivity index is 1.69. The van der Waals surface area contributed by atoms with Crippen LogP contribution in [0.15, 0.2) is 18.2 Å². The second-order valence-electron chi connectivity index (χ2n) is 5.79. The zero-order valence-electron chi connectivity index (χ0n) is 11.4. The van der Waals surface area contributed by atoms with E-state index in [4.69, 9.17) is 4.74 Å². The van der Waals surface area contributed by atoms with Crippen LogP contribution in [0.1, 0.15) is 49.1 Å². The quantitative estimate of drug-likeness (QED) is 0.571. The maximum absolute atomic E-state index is 12.3. The van der Waals surface area contributed by atoms with Crippen LogP contribution < -0.4 is 4.74 Å². The molecule has 0 bridgehead atoms. The Morgan fingerprint density at radius 3 is 2.60 bits per heavy atom. The van der Waals surface area contributed by atoms with Crippen LogP contribution in [0, 0.1) is 0 Å². The summed E-state index contributed by atoms with van der Waals surface area (Å²) in [6.07, 6.45) is 6.59. The van der Waals surface area contributed by atoms with Crippen LogP contribution in [0.25, 0.3) is 0 Å². The molecule has 2 fully saturated rings. The molecule has 2 aliphatic heterocycles. The van der Waals surface area contributed by atoms with Crippen molar-refractivity contribution >= 4 is 29.5 Å². The summed E-state index contributed by atoms with van der Waals surface area (Å²) in [7, 11) is 0. The molecule has 106 valence electrons. The van der Waals surface area contributed by atoms with Crippen LogP contribution >= 0.6 is 23.5 Å². The molecule has 1 aliphatic carbocycles. The summed E-state index contributed by atoms with van der Waals surface area (Å²) in [6.45, 7) is 0. The number of thioether (sulfide) groups is 2. The molecule has 3 aliphatic rings. The Bertz CT molecular complexity index is 543. The van der Waals surface area contributed by atoms with Gasteiger partial charge in [-0.15, -0.1) is 23.5 Å². The van der Waals surface area contributed by atoms with Gasteiger partial charge in [-0.1, -0.05) is 31.4 Å². The third kappa shape index (κ3) is 1.92. The Morgan fingerprint density at radius 2 is 1.85 bits per heavy atom. The molecule has 2 heterocycles. The summed E-state index contributed by atoms with van der Waals surface area (Å²) < 4.78 is 5.14. The maximum atomic E-state index is 12.3. The predicted molar refractivity (Wildman–Crippen MR) is 84.5 cm³/mol. The van der Waals surface area contributed by atoms with Gasteiger partial charge in [0.25, 0.3) is 0 Å². The van der Waals surface area contributed by atoms with Gasteiger partial charge in [-0.3, -0.25) is 0 Å². The van der Waals surface area contributed by atoms with Gasteiger partial charge in [0.2, 0.25) is 0 Å². The molecule has 2 nitrogen and oxygen atoms in total. The minimum atomic E-state index is -0.458. The summed E-state index contributed by atoms with van der Waals surface area (Å²) in [5.74, 6) is 3.47. The molecule has 20 heavy (non-hydrogen) atoms. The highest BCUT2D eigenvalue weighted by Gasteiger charge is 2.52. The fraction of sp³-hybridized carbons (Fsp3) is 0.562. The van der Waals surface area contributed by atoms with Gasteiger partial charge in [0.15, 0.2) is 4.08 Å². The van der Waals surface area contributed by atoms with Crippen LogP contribution in [0.4, 0.5) is 0 Å². The molecular weight excluding hydrogens is 288 g/mol. The Labute approximate surface area is 128 Å². The molecule has 0 aromatic heterocycles. The average molecular weight is 306 g/mol. The van der Waals surface area contributed by atoms with Crippen LogP contribution in [0.2, 0.25) is 0 Å². The molecule has 1 saturated heterocycles. The van der Waals surface area contributed by atoms with Gasteiger partial charge in [-0.25, -0.2) is 4.79 Å². The fourth-order valence-electron chi connectivity index (χ4n) is 3.55. The van der Waals surface area contributed by atoms with Crippen molar-refractivity contribution in [3.05, 3.63) is 29.3 Å². The fourth-order valence-corrected chi connectivity index (χ4v) is 6.59. The monoisotopic (exact) mass is 306 g/mol. The first kappa shape index (κ1) is 13.1. The number of esters is 1. The number of ether oxygens (including phenoxy) is 1. The molecule has 0 N–H and O–H groups in total. The van der Waals surface area contributed by atoms with E-state index in [0.29, 0.717) is 5.92 Å². The van der Waals surface area contributed by atoms with E-state index in [1.807, 2.05) is 0 Å². The van der Waals surface area contributed by atoms with Crippen molar-refractivity contribution < 1.29 is 9.53 Å². The second-order valence-corrected chi connectivity index (χ2v) is 8.67. The molecule has 4 rings (SSSR count). The molecule has 1 aromatic carbocycles. The molecule has 1 aromatic rings. The first-order chi connectivity index (χ1) is 9.79. The van der Waals surface area contributed by atoms with Crippen LogP contribution in [0.5, 0.6) is 5.75 Å². The largest absolute Gasteiger partial charge is 0.424 e.